The average Bonchev–Trinajstić information content (AvgIpc) is 2.62. The summed E-state index contributed by atoms with van der Waals surface area (Å²) in [5, 5.41) is 22.2. The number of aliphatic carboxylic acids is 2. The fourth-order valence-electron chi connectivity index (χ4n) is 3.16. The van der Waals surface area contributed by atoms with Gasteiger partial charge in [0.05, 0.1) is 5.66 Å². The van der Waals surface area contributed by atoms with E-state index in [2.05, 4.69) is 5.09 Å². The van der Waals surface area contributed by atoms with E-state index in [1.807, 2.05) is 37.3 Å². The maximum atomic E-state index is 13.1. The van der Waals surface area contributed by atoms with E-state index in [1.54, 1.807) is 12.1 Å². The Bertz CT molecular complexity index is 863. The zero-order chi connectivity index (χ0) is 20.0. The molecule has 146 valence electrons. The van der Waals surface area contributed by atoms with E-state index in [0.29, 0.717) is 18.4 Å². The predicted molar refractivity (Wildman–Crippen MR) is 103 cm³/mol. The van der Waals surface area contributed by atoms with Gasteiger partial charge in [0, 0.05) is 6.42 Å². The largest absolute Gasteiger partial charge is 0.481 e. The van der Waals surface area contributed by atoms with Gasteiger partial charge in [-0.1, -0.05) is 55.8 Å². The molecule has 2 aromatic rings. The van der Waals surface area contributed by atoms with Crippen LogP contribution < -0.4 is 5.09 Å². The third-order valence-electron chi connectivity index (χ3n) is 4.45. The fourth-order valence-corrected chi connectivity index (χ4v) is 5.23. The molecule has 0 radical (unpaired) electrons. The summed E-state index contributed by atoms with van der Waals surface area (Å²) in [5.41, 5.74) is -0.115. The van der Waals surface area contributed by atoms with Gasteiger partial charge in [-0.25, -0.2) is 5.09 Å². The Hall–Kier alpha value is -2.21. The molecular weight excluding hydrogens is 369 g/mol. The monoisotopic (exact) mass is 393 g/mol. The lowest BCUT2D eigenvalue weighted by molar-refractivity contribution is -0.140. The van der Waals surface area contributed by atoms with Gasteiger partial charge in [0.2, 0.25) is 0 Å². The van der Waals surface area contributed by atoms with E-state index in [1.165, 1.54) is 0 Å². The lowest BCUT2D eigenvalue weighted by atomic mass is 10.00. The Morgan fingerprint density at radius 2 is 1.74 bits per heavy atom. The Kier molecular flexibility index (Phi) is 7.13. The molecule has 3 unspecified atom stereocenters. The quantitative estimate of drug-likeness (QED) is 0.453. The first-order valence-corrected chi connectivity index (χ1v) is 10.5. The molecule has 2 aromatic carbocycles. The van der Waals surface area contributed by atoms with Crippen LogP contribution in [0.1, 0.15) is 43.8 Å². The average molecular weight is 393 g/mol. The standard InChI is InChI=1S/C19H24NO6P/c1-2-6-17(15-10-5-8-13-7-3-4-9-14(13)15)27(25,26)20-16(19(23)24)11-12-18(21)22/h3-5,7-10,16-17H,2,6,11-12H2,1H3,(H,21,22)(H,23,24)(H2,20,25,26). The first-order valence-electron chi connectivity index (χ1n) is 8.78. The Balaban J connectivity index is 2.39. The second kappa shape index (κ2) is 9.13. The van der Waals surface area contributed by atoms with Gasteiger partial charge in [-0.05, 0) is 29.2 Å². The van der Waals surface area contributed by atoms with Gasteiger partial charge in [0.1, 0.15) is 6.04 Å². The number of rotatable bonds is 10. The molecule has 0 aromatic heterocycles. The fraction of sp³-hybridized carbons (Fsp3) is 0.368. The van der Waals surface area contributed by atoms with Crippen LogP contribution in [0.25, 0.3) is 10.8 Å². The van der Waals surface area contributed by atoms with E-state index < -0.39 is 37.6 Å². The normalized spacial score (nSPS) is 15.8. The van der Waals surface area contributed by atoms with Crippen LogP contribution in [0.2, 0.25) is 0 Å². The minimum absolute atomic E-state index is 0.274. The zero-order valence-corrected chi connectivity index (χ0v) is 15.9. The molecule has 0 spiro atoms. The zero-order valence-electron chi connectivity index (χ0n) is 15.0. The SMILES string of the molecule is CCCC(c1cccc2ccccc12)P(=O)(O)NC(CCC(=O)O)C(=O)O. The predicted octanol–water partition coefficient (Wildman–Crippen LogP) is 3.77. The first-order chi connectivity index (χ1) is 12.8. The molecule has 2 rings (SSSR count). The van der Waals surface area contributed by atoms with E-state index in [0.717, 1.165) is 10.8 Å². The van der Waals surface area contributed by atoms with Crippen molar-refractivity contribution in [1.82, 2.24) is 5.09 Å². The van der Waals surface area contributed by atoms with Gasteiger partial charge >= 0.3 is 11.9 Å². The number of carboxylic acid groups (broad SMARTS) is 2. The molecule has 3 atom stereocenters. The van der Waals surface area contributed by atoms with Gasteiger partial charge in [0.25, 0.3) is 7.52 Å². The van der Waals surface area contributed by atoms with Crippen LogP contribution in [0.5, 0.6) is 0 Å². The summed E-state index contributed by atoms with van der Waals surface area (Å²) < 4.78 is 13.1. The Labute approximate surface area is 157 Å². The maximum absolute atomic E-state index is 13.1. The van der Waals surface area contributed by atoms with Gasteiger partial charge in [-0.15, -0.1) is 0 Å². The molecule has 0 saturated heterocycles. The van der Waals surface area contributed by atoms with Gasteiger partial charge < -0.3 is 15.1 Å². The molecule has 0 bridgehead atoms. The Morgan fingerprint density at radius 1 is 1.07 bits per heavy atom. The van der Waals surface area contributed by atoms with Crippen LogP contribution in [0, 0.1) is 0 Å². The number of fused-ring (bicyclic) bond motifs is 1. The number of hydrogen-bond donors (Lipinski definition) is 4. The first kappa shape index (κ1) is 21.1. The number of carbonyl (C=O) groups is 2. The molecule has 0 aliphatic carbocycles. The highest BCUT2D eigenvalue weighted by Crippen LogP contribution is 2.56. The summed E-state index contributed by atoms with van der Waals surface area (Å²) in [6.07, 6.45) is 0.341. The van der Waals surface area contributed by atoms with Crippen molar-refractivity contribution in [3.63, 3.8) is 0 Å². The summed E-state index contributed by atoms with van der Waals surface area (Å²) in [6, 6.07) is 11.6. The van der Waals surface area contributed by atoms with Crippen molar-refractivity contribution >= 4 is 30.2 Å². The van der Waals surface area contributed by atoms with Crippen molar-refractivity contribution < 1.29 is 29.3 Å². The van der Waals surface area contributed by atoms with E-state index >= 15 is 0 Å². The second-order valence-electron chi connectivity index (χ2n) is 6.45. The highest BCUT2D eigenvalue weighted by Gasteiger charge is 2.36. The molecule has 4 N–H and O–H groups in total. The third kappa shape index (κ3) is 5.39. The topological polar surface area (TPSA) is 124 Å². The third-order valence-corrected chi connectivity index (χ3v) is 6.52. The van der Waals surface area contributed by atoms with Gasteiger partial charge in [-0.3, -0.25) is 14.2 Å². The van der Waals surface area contributed by atoms with Crippen molar-refractivity contribution in [2.75, 3.05) is 0 Å². The molecule has 27 heavy (non-hydrogen) atoms. The molecular formula is C19H24NO6P. The van der Waals surface area contributed by atoms with Crippen molar-refractivity contribution in [2.24, 2.45) is 0 Å². The van der Waals surface area contributed by atoms with E-state index in [9.17, 15) is 24.2 Å². The molecule has 0 fully saturated rings. The highest BCUT2D eigenvalue weighted by molar-refractivity contribution is 7.56. The van der Waals surface area contributed by atoms with Crippen molar-refractivity contribution in [1.29, 1.82) is 0 Å². The van der Waals surface area contributed by atoms with Crippen LogP contribution >= 0.6 is 7.52 Å². The lowest BCUT2D eigenvalue weighted by Crippen LogP contribution is -2.36. The van der Waals surface area contributed by atoms with Gasteiger partial charge in [-0.2, -0.15) is 0 Å². The molecule has 0 amide bonds. The van der Waals surface area contributed by atoms with Crippen molar-refractivity contribution in [2.45, 2.75) is 44.3 Å². The van der Waals surface area contributed by atoms with Crippen LogP contribution in [0.15, 0.2) is 42.5 Å². The van der Waals surface area contributed by atoms with Gasteiger partial charge in [0.15, 0.2) is 0 Å². The minimum Gasteiger partial charge on any atom is -0.481 e. The summed E-state index contributed by atoms with van der Waals surface area (Å²) in [4.78, 5) is 32.9. The Morgan fingerprint density at radius 3 is 2.37 bits per heavy atom. The van der Waals surface area contributed by atoms with Crippen molar-refractivity contribution in [3.8, 4) is 0 Å². The van der Waals surface area contributed by atoms with Crippen LogP contribution in [-0.4, -0.2) is 33.1 Å². The highest BCUT2D eigenvalue weighted by atomic mass is 31.2. The summed E-state index contributed by atoms with van der Waals surface area (Å²) in [7, 11) is -4.14. The van der Waals surface area contributed by atoms with Crippen LogP contribution in [-0.2, 0) is 14.2 Å². The number of nitrogens with one attached hydrogen (secondary N) is 1. The number of benzene rings is 2. The van der Waals surface area contributed by atoms with Crippen LogP contribution in [0.4, 0.5) is 0 Å². The smallest absolute Gasteiger partial charge is 0.321 e. The van der Waals surface area contributed by atoms with E-state index in [4.69, 9.17) is 5.11 Å². The molecule has 8 heteroatoms. The summed E-state index contributed by atoms with van der Waals surface area (Å²) >= 11 is 0. The molecule has 0 heterocycles. The molecule has 0 aliphatic rings. The van der Waals surface area contributed by atoms with E-state index in [-0.39, 0.29) is 6.42 Å². The van der Waals surface area contributed by atoms with Crippen molar-refractivity contribution in [3.05, 3.63) is 48.0 Å². The molecule has 7 nitrogen and oxygen atoms in total. The number of hydrogen-bond acceptors (Lipinski definition) is 3. The summed E-state index contributed by atoms with van der Waals surface area (Å²) in [5.74, 6) is -2.51. The molecule has 0 aliphatic heterocycles. The van der Waals surface area contributed by atoms with Crippen LogP contribution in [0.3, 0.4) is 0 Å². The minimum atomic E-state index is -4.14. The summed E-state index contributed by atoms with van der Waals surface area (Å²) in [6.45, 7) is 1.89. The number of carboxylic acids is 2. The lowest BCUT2D eigenvalue weighted by Gasteiger charge is -2.27. The molecule has 0 saturated carbocycles. The second-order valence-corrected chi connectivity index (χ2v) is 8.58. The maximum Gasteiger partial charge on any atom is 0.321 e.